The van der Waals surface area contributed by atoms with Crippen LogP contribution in [-0.4, -0.2) is 22.5 Å². The largest absolute Gasteiger partial charge is 0.327 e. The first kappa shape index (κ1) is 10.5. The molecule has 0 fully saturated rings. The van der Waals surface area contributed by atoms with Crippen molar-refractivity contribution in [2.75, 3.05) is 11.5 Å². The van der Waals surface area contributed by atoms with Gasteiger partial charge in [0.15, 0.2) is 0 Å². The summed E-state index contributed by atoms with van der Waals surface area (Å²) in [7, 11) is 0. The molecule has 0 aliphatic heterocycles. The SMILES string of the molecule is CCSCC(N)Cc1cccnc1. The molecule has 0 spiro atoms. The van der Waals surface area contributed by atoms with Crippen molar-refractivity contribution in [2.24, 2.45) is 5.73 Å². The number of hydrogen-bond donors (Lipinski definition) is 1. The molecule has 1 aromatic heterocycles. The van der Waals surface area contributed by atoms with E-state index in [1.807, 2.05) is 24.0 Å². The highest BCUT2D eigenvalue weighted by Crippen LogP contribution is 2.05. The third-order valence-electron chi connectivity index (χ3n) is 1.76. The molecule has 0 bridgehead atoms. The van der Waals surface area contributed by atoms with Gasteiger partial charge in [-0.15, -0.1) is 0 Å². The van der Waals surface area contributed by atoms with Crippen LogP contribution in [0.15, 0.2) is 24.5 Å². The molecule has 0 radical (unpaired) electrons. The molecule has 0 saturated heterocycles. The van der Waals surface area contributed by atoms with Crippen molar-refractivity contribution in [1.82, 2.24) is 4.98 Å². The molecule has 1 heterocycles. The Morgan fingerprint density at radius 2 is 2.46 bits per heavy atom. The third kappa shape index (κ3) is 4.29. The summed E-state index contributed by atoms with van der Waals surface area (Å²) in [5, 5.41) is 0. The van der Waals surface area contributed by atoms with E-state index in [4.69, 9.17) is 5.73 Å². The zero-order chi connectivity index (χ0) is 9.52. The third-order valence-corrected chi connectivity index (χ3v) is 2.83. The molecule has 1 rings (SSSR count). The first-order valence-electron chi connectivity index (χ1n) is 4.55. The van der Waals surface area contributed by atoms with E-state index in [1.165, 1.54) is 5.56 Å². The second kappa shape index (κ2) is 6.00. The molecule has 2 N–H and O–H groups in total. The summed E-state index contributed by atoms with van der Waals surface area (Å²) >= 11 is 1.89. The fraction of sp³-hybridized carbons (Fsp3) is 0.500. The summed E-state index contributed by atoms with van der Waals surface area (Å²) in [6.07, 6.45) is 4.60. The molecule has 1 unspecified atom stereocenters. The van der Waals surface area contributed by atoms with Gasteiger partial charge in [-0.2, -0.15) is 11.8 Å². The van der Waals surface area contributed by atoms with Gasteiger partial charge in [-0.1, -0.05) is 13.0 Å². The van der Waals surface area contributed by atoms with E-state index in [1.54, 1.807) is 6.20 Å². The Bertz CT molecular complexity index is 226. The Hall–Kier alpha value is -0.540. The van der Waals surface area contributed by atoms with Crippen LogP contribution in [-0.2, 0) is 6.42 Å². The van der Waals surface area contributed by atoms with E-state index in [-0.39, 0.29) is 6.04 Å². The number of hydrogen-bond acceptors (Lipinski definition) is 3. The normalized spacial score (nSPS) is 12.8. The number of nitrogens with zero attached hydrogens (tertiary/aromatic N) is 1. The van der Waals surface area contributed by atoms with Crippen LogP contribution in [0.25, 0.3) is 0 Å². The highest BCUT2D eigenvalue weighted by Gasteiger charge is 2.02. The molecular formula is C10H16N2S. The molecule has 72 valence electrons. The minimum absolute atomic E-state index is 0.258. The standard InChI is InChI=1S/C10H16N2S/c1-2-13-8-10(11)6-9-4-3-5-12-7-9/h3-5,7,10H,2,6,8,11H2,1H3. The predicted octanol–water partition coefficient (Wildman–Crippen LogP) is 1.70. The van der Waals surface area contributed by atoms with Crippen molar-refractivity contribution >= 4 is 11.8 Å². The molecule has 1 atom stereocenters. The maximum absolute atomic E-state index is 5.94. The maximum Gasteiger partial charge on any atom is 0.0300 e. The summed E-state index contributed by atoms with van der Waals surface area (Å²) in [6, 6.07) is 4.28. The Morgan fingerprint density at radius 1 is 1.62 bits per heavy atom. The van der Waals surface area contributed by atoms with Gasteiger partial charge in [0.2, 0.25) is 0 Å². The Morgan fingerprint density at radius 3 is 3.08 bits per heavy atom. The minimum atomic E-state index is 0.258. The maximum atomic E-state index is 5.94. The number of rotatable bonds is 5. The molecule has 0 aliphatic carbocycles. The lowest BCUT2D eigenvalue weighted by atomic mass is 10.1. The van der Waals surface area contributed by atoms with Gasteiger partial charge in [-0.3, -0.25) is 4.98 Å². The van der Waals surface area contributed by atoms with Crippen molar-refractivity contribution < 1.29 is 0 Å². The molecule has 0 aromatic carbocycles. The first-order chi connectivity index (χ1) is 6.33. The molecular weight excluding hydrogens is 180 g/mol. The monoisotopic (exact) mass is 196 g/mol. The predicted molar refractivity (Wildman–Crippen MR) is 58.9 cm³/mol. The van der Waals surface area contributed by atoms with E-state index in [0.29, 0.717) is 0 Å². The minimum Gasteiger partial charge on any atom is -0.327 e. The topological polar surface area (TPSA) is 38.9 Å². The van der Waals surface area contributed by atoms with E-state index < -0.39 is 0 Å². The van der Waals surface area contributed by atoms with Crippen molar-refractivity contribution in [2.45, 2.75) is 19.4 Å². The highest BCUT2D eigenvalue weighted by molar-refractivity contribution is 7.99. The lowest BCUT2D eigenvalue weighted by Crippen LogP contribution is -2.25. The van der Waals surface area contributed by atoms with Gasteiger partial charge in [-0.05, 0) is 23.8 Å². The zero-order valence-electron chi connectivity index (χ0n) is 7.94. The van der Waals surface area contributed by atoms with Gasteiger partial charge in [0.1, 0.15) is 0 Å². The molecule has 1 aromatic rings. The molecule has 0 amide bonds. The number of nitrogens with two attached hydrogens (primary N) is 1. The van der Waals surface area contributed by atoms with Gasteiger partial charge < -0.3 is 5.73 Å². The van der Waals surface area contributed by atoms with Crippen molar-refractivity contribution in [1.29, 1.82) is 0 Å². The van der Waals surface area contributed by atoms with Gasteiger partial charge in [0, 0.05) is 24.2 Å². The van der Waals surface area contributed by atoms with Crippen LogP contribution in [0.2, 0.25) is 0 Å². The lowest BCUT2D eigenvalue weighted by molar-refractivity contribution is 0.746. The van der Waals surface area contributed by atoms with Crippen molar-refractivity contribution in [3.8, 4) is 0 Å². The second-order valence-electron chi connectivity index (χ2n) is 2.98. The Kier molecular flexibility index (Phi) is 4.86. The van der Waals surface area contributed by atoms with E-state index in [9.17, 15) is 0 Å². The first-order valence-corrected chi connectivity index (χ1v) is 5.70. The van der Waals surface area contributed by atoms with Crippen LogP contribution in [0.5, 0.6) is 0 Å². The average molecular weight is 196 g/mol. The van der Waals surface area contributed by atoms with Gasteiger partial charge in [-0.25, -0.2) is 0 Å². The number of pyridine rings is 1. The summed E-state index contributed by atoms with van der Waals surface area (Å²) in [6.45, 7) is 2.15. The van der Waals surface area contributed by atoms with Gasteiger partial charge in [0.05, 0.1) is 0 Å². The Balaban J connectivity index is 2.32. The lowest BCUT2D eigenvalue weighted by Gasteiger charge is -2.09. The van der Waals surface area contributed by atoms with Gasteiger partial charge >= 0.3 is 0 Å². The highest BCUT2D eigenvalue weighted by atomic mass is 32.2. The Labute approximate surface area is 83.9 Å². The van der Waals surface area contributed by atoms with Crippen LogP contribution in [0.3, 0.4) is 0 Å². The smallest absolute Gasteiger partial charge is 0.0300 e. The molecule has 0 saturated carbocycles. The van der Waals surface area contributed by atoms with Crippen LogP contribution in [0, 0.1) is 0 Å². The molecule has 3 heteroatoms. The summed E-state index contributed by atoms with van der Waals surface area (Å²) < 4.78 is 0. The average Bonchev–Trinajstić information content (AvgIpc) is 2.16. The van der Waals surface area contributed by atoms with Crippen LogP contribution in [0.4, 0.5) is 0 Å². The van der Waals surface area contributed by atoms with Crippen LogP contribution >= 0.6 is 11.8 Å². The second-order valence-corrected chi connectivity index (χ2v) is 4.30. The fourth-order valence-electron chi connectivity index (χ4n) is 1.15. The van der Waals surface area contributed by atoms with E-state index in [0.717, 1.165) is 17.9 Å². The molecule has 0 aliphatic rings. The number of thioether (sulfide) groups is 1. The summed E-state index contributed by atoms with van der Waals surface area (Å²) in [5.74, 6) is 2.17. The van der Waals surface area contributed by atoms with Gasteiger partial charge in [0.25, 0.3) is 0 Å². The summed E-state index contributed by atoms with van der Waals surface area (Å²) in [4.78, 5) is 4.06. The van der Waals surface area contributed by atoms with E-state index in [2.05, 4.69) is 18.0 Å². The molecule has 2 nitrogen and oxygen atoms in total. The van der Waals surface area contributed by atoms with Crippen LogP contribution in [0.1, 0.15) is 12.5 Å². The van der Waals surface area contributed by atoms with Crippen molar-refractivity contribution in [3.63, 3.8) is 0 Å². The zero-order valence-corrected chi connectivity index (χ0v) is 8.76. The summed E-state index contributed by atoms with van der Waals surface area (Å²) in [5.41, 5.74) is 7.17. The van der Waals surface area contributed by atoms with Crippen molar-refractivity contribution in [3.05, 3.63) is 30.1 Å². The van der Waals surface area contributed by atoms with Crippen LogP contribution < -0.4 is 5.73 Å². The number of aromatic nitrogens is 1. The quantitative estimate of drug-likeness (QED) is 0.779. The molecule has 13 heavy (non-hydrogen) atoms. The fourth-order valence-corrected chi connectivity index (χ4v) is 1.81. The van der Waals surface area contributed by atoms with E-state index >= 15 is 0 Å².